The number of halogens is 3. The van der Waals surface area contributed by atoms with Gasteiger partial charge in [-0.25, -0.2) is 9.78 Å². The summed E-state index contributed by atoms with van der Waals surface area (Å²) in [5.74, 6) is -1.64. The van der Waals surface area contributed by atoms with Crippen LogP contribution in [0.4, 0.5) is 24.5 Å². The fourth-order valence-electron chi connectivity index (χ4n) is 4.78. The average Bonchev–Trinajstić information content (AvgIpc) is 2.87. The summed E-state index contributed by atoms with van der Waals surface area (Å²) in [7, 11) is 3.99. The zero-order valence-corrected chi connectivity index (χ0v) is 22.7. The van der Waals surface area contributed by atoms with Crippen LogP contribution in [0.15, 0.2) is 78.1 Å². The number of benzene rings is 2. The van der Waals surface area contributed by atoms with Gasteiger partial charge in [-0.1, -0.05) is 36.4 Å². The van der Waals surface area contributed by atoms with Gasteiger partial charge in [-0.15, -0.1) is 0 Å². The Balaban J connectivity index is 1.75. The van der Waals surface area contributed by atoms with Crippen LogP contribution in [0, 0.1) is 0 Å². The lowest BCUT2D eigenvalue weighted by atomic mass is 9.79. The van der Waals surface area contributed by atoms with Gasteiger partial charge in [0.05, 0.1) is 37.3 Å². The summed E-state index contributed by atoms with van der Waals surface area (Å²) in [6, 6.07) is 16.7. The van der Waals surface area contributed by atoms with Gasteiger partial charge in [-0.2, -0.15) is 13.2 Å². The number of likely N-dealkylation sites (N-methyl/N-ethyl adjacent to an activating group) is 1. The molecule has 2 heterocycles. The van der Waals surface area contributed by atoms with Crippen molar-refractivity contribution in [1.29, 1.82) is 0 Å². The second-order valence-corrected chi connectivity index (χ2v) is 10.3. The molecular formula is C30H33F3N3O3+. The molecule has 0 spiro atoms. The molecule has 0 saturated heterocycles. The number of nitrogens with zero attached hydrogens (tertiary/aromatic N) is 2. The molecular weight excluding hydrogens is 507 g/mol. The van der Waals surface area contributed by atoms with Crippen molar-refractivity contribution in [2.75, 3.05) is 32.6 Å². The summed E-state index contributed by atoms with van der Waals surface area (Å²) < 4.78 is 54.7. The highest BCUT2D eigenvalue weighted by Gasteiger charge is 2.42. The van der Waals surface area contributed by atoms with Crippen molar-refractivity contribution in [3.63, 3.8) is 0 Å². The van der Waals surface area contributed by atoms with E-state index in [-0.39, 0.29) is 29.7 Å². The molecule has 1 unspecified atom stereocenters. The largest absolute Gasteiger partial charge is 0.475 e. The molecule has 1 N–H and O–H groups in total. The van der Waals surface area contributed by atoms with Crippen molar-refractivity contribution in [2.45, 2.75) is 39.0 Å². The lowest BCUT2D eigenvalue weighted by Crippen LogP contribution is -2.43. The molecule has 1 aliphatic heterocycles. The molecule has 3 aromatic rings. The van der Waals surface area contributed by atoms with Crippen molar-refractivity contribution in [1.82, 2.24) is 9.47 Å². The topological polar surface area (TPSA) is 60.5 Å². The highest BCUT2D eigenvalue weighted by atomic mass is 19.4. The number of aromatic nitrogens is 1. The first kappa shape index (κ1) is 28.2. The Kier molecular flexibility index (Phi) is 8.02. The van der Waals surface area contributed by atoms with E-state index in [0.717, 1.165) is 11.8 Å². The number of hydrogen-bond donors (Lipinski definition) is 1. The van der Waals surface area contributed by atoms with E-state index < -0.39 is 23.6 Å². The summed E-state index contributed by atoms with van der Waals surface area (Å²) in [6.45, 7) is 5.81. The van der Waals surface area contributed by atoms with Crippen molar-refractivity contribution in [2.24, 2.45) is 0 Å². The number of carbonyl (C=O) groups excluding carboxylic acids is 1. The van der Waals surface area contributed by atoms with Crippen LogP contribution in [0.2, 0.25) is 0 Å². The van der Waals surface area contributed by atoms with Gasteiger partial charge in [0, 0.05) is 23.1 Å². The van der Waals surface area contributed by atoms with Gasteiger partial charge >= 0.3 is 12.1 Å². The average molecular weight is 541 g/mol. The predicted octanol–water partition coefficient (Wildman–Crippen LogP) is 6.53. The molecule has 9 heteroatoms. The minimum atomic E-state index is -4.64. The van der Waals surface area contributed by atoms with Crippen molar-refractivity contribution < 1.29 is 27.4 Å². The van der Waals surface area contributed by atoms with E-state index in [1.165, 1.54) is 24.4 Å². The Labute approximate surface area is 226 Å². The van der Waals surface area contributed by atoms with E-state index in [9.17, 15) is 18.0 Å². The number of quaternary nitrogens is 1. The Morgan fingerprint density at radius 1 is 1.05 bits per heavy atom. The van der Waals surface area contributed by atoms with Gasteiger partial charge < -0.3 is 14.8 Å². The Hall–Kier alpha value is -3.85. The molecule has 0 bridgehead atoms. The molecule has 0 saturated carbocycles. The lowest BCUT2D eigenvalue weighted by molar-refractivity contribution is -0.141. The summed E-state index contributed by atoms with van der Waals surface area (Å²) in [5.41, 5.74) is 1.53. The molecule has 1 aromatic heterocycles. The maximum atomic E-state index is 14.2. The molecule has 0 radical (unpaired) electrons. The lowest BCUT2D eigenvalue weighted by Gasteiger charge is -2.33. The molecule has 39 heavy (non-hydrogen) atoms. The first-order valence-corrected chi connectivity index (χ1v) is 12.8. The van der Waals surface area contributed by atoms with Gasteiger partial charge in [-0.05, 0) is 50.6 Å². The number of ether oxygens (including phenoxy) is 2. The second kappa shape index (κ2) is 11.1. The molecule has 0 aliphatic carbocycles. The number of fused-ring (bicyclic) bond motifs is 1. The van der Waals surface area contributed by atoms with E-state index in [2.05, 4.69) is 10.3 Å². The van der Waals surface area contributed by atoms with Gasteiger partial charge in [0.15, 0.2) is 0 Å². The van der Waals surface area contributed by atoms with Gasteiger partial charge in [0.25, 0.3) is 0 Å². The third-order valence-electron chi connectivity index (χ3n) is 6.74. The first-order valence-electron chi connectivity index (χ1n) is 12.8. The van der Waals surface area contributed by atoms with E-state index in [1.54, 1.807) is 26.8 Å². The van der Waals surface area contributed by atoms with Crippen LogP contribution in [-0.4, -0.2) is 44.3 Å². The minimum absolute atomic E-state index is 0.0685. The van der Waals surface area contributed by atoms with Crippen LogP contribution < -0.4 is 14.5 Å². The van der Waals surface area contributed by atoms with Crippen LogP contribution >= 0.6 is 0 Å². The SMILES string of the molecule is CC1=C(C(=O)OCC[N+](C)(C)c2ccccc2)C(c2ccccc2C(F)(F)F)c2c(ccnc2OC(C)C)N1. The van der Waals surface area contributed by atoms with Crippen LogP contribution in [0.25, 0.3) is 0 Å². The number of alkyl halides is 3. The number of nitrogens with one attached hydrogen (secondary N) is 1. The van der Waals surface area contributed by atoms with Crippen molar-refractivity contribution in [3.8, 4) is 5.88 Å². The van der Waals surface area contributed by atoms with Crippen molar-refractivity contribution >= 4 is 17.3 Å². The highest BCUT2D eigenvalue weighted by Crippen LogP contribution is 2.49. The van der Waals surface area contributed by atoms with Crippen LogP contribution in [-0.2, 0) is 15.7 Å². The molecule has 206 valence electrons. The smallest absolute Gasteiger partial charge is 0.416 e. The number of esters is 1. The van der Waals surface area contributed by atoms with E-state index in [4.69, 9.17) is 9.47 Å². The van der Waals surface area contributed by atoms with Gasteiger partial charge in [-0.3, -0.25) is 4.48 Å². The Morgan fingerprint density at radius 2 is 1.72 bits per heavy atom. The number of rotatable bonds is 8. The number of hydrogen-bond acceptors (Lipinski definition) is 5. The molecule has 0 amide bonds. The standard InChI is InChI=1S/C30H32F3N3O3/c1-19(2)39-28-27-24(15-16-34-28)35-20(3)25(26(27)22-13-9-10-14-23(22)30(31,32)33)29(37)38-18-17-36(4,5)21-11-7-6-8-12-21/h6-16,19,26H,17-18H2,1-5H3/p+1. The molecule has 4 rings (SSSR count). The van der Waals surface area contributed by atoms with Crippen LogP contribution in [0.1, 0.15) is 43.4 Å². The third-order valence-corrected chi connectivity index (χ3v) is 6.74. The molecule has 6 nitrogen and oxygen atoms in total. The maximum Gasteiger partial charge on any atom is 0.416 e. The van der Waals surface area contributed by atoms with E-state index >= 15 is 0 Å². The predicted molar refractivity (Wildman–Crippen MR) is 146 cm³/mol. The summed E-state index contributed by atoms with van der Waals surface area (Å²) in [5, 5.41) is 3.17. The zero-order chi connectivity index (χ0) is 28.4. The van der Waals surface area contributed by atoms with E-state index in [1.807, 2.05) is 44.4 Å². The summed E-state index contributed by atoms with van der Waals surface area (Å²) in [6.07, 6.45) is -3.40. The van der Waals surface area contributed by atoms with E-state index in [0.29, 0.717) is 28.0 Å². The van der Waals surface area contributed by atoms with Crippen LogP contribution in [0.5, 0.6) is 5.88 Å². The van der Waals surface area contributed by atoms with Gasteiger partial charge in [0.1, 0.15) is 18.8 Å². The molecule has 1 atom stereocenters. The molecule has 2 aromatic carbocycles. The number of anilines is 1. The number of pyridine rings is 1. The molecule has 0 fully saturated rings. The Bertz CT molecular complexity index is 1370. The van der Waals surface area contributed by atoms with Gasteiger partial charge in [0.2, 0.25) is 5.88 Å². The number of para-hydroxylation sites is 1. The quantitative estimate of drug-likeness (QED) is 0.260. The maximum absolute atomic E-state index is 14.2. The zero-order valence-electron chi connectivity index (χ0n) is 22.7. The van der Waals surface area contributed by atoms with Crippen molar-refractivity contribution in [3.05, 3.63) is 94.8 Å². The number of carbonyl (C=O) groups is 1. The molecule has 1 aliphatic rings. The Morgan fingerprint density at radius 3 is 2.38 bits per heavy atom. The minimum Gasteiger partial charge on any atom is -0.475 e. The highest BCUT2D eigenvalue weighted by molar-refractivity contribution is 5.95. The third kappa shape index (κ3) is 6.09. The monoisotopic (exact) mass is 540 g/mol. The number of allylic oxidation sites excluding steroid dienone is 1. The summed E-state index contributed by atoms with van der Waals surface area (Å²) in [4.78, 5) is 18.0. The first-order chi connectivity index (χ1) is 18.4. The fourth-order valence-corrected chi connectivity index (χ4v) is 4.78. The fraction of sp³-hybridized carbons (Fsp3) is 0.333. The van der Waals surface area contributed by atoms with Crippen LogP contribution in [0.3, 0.4) is 0 Å². The summed E-state index contributed by atoms with van der Waals surface area (Å²) >= 11 is 0. The second-order valence-electron chi connectivity index (χ2n) is 10.3. The normalized spacial score (nSPS) is 15.6.